The fourth-order valence-corrected chi connectivity index (χ4v) is 3.86. The van der Waals surface area contributed by atoms with Crippen LogP contribution in [0.1, 0.15) is 66.2 Å². The number of esters is 1. The predicted molar refractivity (Wildman–Crippen MR) is 103 cm³/mol. The van der Waals surface area contributed by atoms with E-state index >= 15 is 0 Å². The van der Waals surface area contributed by atoms with Crippen LogP contribution in [0.4, 0.5) is 0 Å². The van der Waals surface area contributed by atoms with Crippen molar-refractivity contribution in [2.24, 2.45) is 0 Å². The van der Waals surface area contributed by atoms with Gasteiger partial charge in [0.05, 0.1) is 11.3 Å². The van der Waals surface area contributed by atoms with Crippen molar-refractivity contribution in [1.29, 1.82) is 0 Å². The zero-order valence-electron chi connectivity index (χ0n) is 15.6. The van der Waals surface area contributed by atoms with Gasteiger partial charge in [-0.3, -0.25) is 4.79 Å². The van der Waals surface area contributed by atoms with Gasteiger partial charge in [-0.1, -0.05) is 44.2 Å². The number of benzene rings is 1. The first-order chi connectivity index (χ1) is 12.8. The van der Waals surface area contributed by atoms with E-state index in [-0.39, 0.29) is 17.6 Å². The Labute approximate surface area is 160 Å². The number of carbonyl (C=O) groups excluding carboxylic acids is 1. The van der Waals surface area contributed by atoms with E-state index in [1.165, 1.54) is 21.9 Å². The minimum atomic E-state index is -0.430. The molecule has 1 aliphatic rings. The Morgan fingerprint density at radius 2 is 1.96 bits per heavy atom. The number of hydrogen-bond donors (Lipinski definition) is 0. The minimum Gasteiger partial charge on any atom is -0.456 e. The zero-order chi connectivity index (χ0) is 19.2. The van der Waals surface area contributed by atoms with Gasteiger partial charge in [0, 0.05) is 12.0 Å². The summed E-state index contributed by atoms with van der Waals surface area (Å²) in [5.41, 5.74) is 1.85. The molecule has 0 bridgehead atoms. The Bertz CT molecular complexity index is 1060. The highest BCUT2D eigenvalue weighted by molar-refractivity contribution is 7.16. The lowest BCUT2D eigenvalue weighted by atomic mass is 9.87. The molecule has 0 N–H and O–H groups in total. The number of aromatic nitrogens is 3. The van der Waals surface area contributed by atoms with Gasteiger partial charge in [-0.25, -0.2) is 9.78 Å². The summed E-state index contributed by atoms with van der Waals surface area (Å²) in [6.07, 6.45) is 2.24. The number of hydrogen-bond acceptors (Lipinski definition) is 6. The summed E-state index contributed by atoms with van der Waals surface area (Å²) < 4.78 is 6.67. The quantitative estimate of drug-likeness (QED) is 0.643. The Morgan fingerprint density at radius 3 is 2.59 bits per heavy atom. The summed E-state index contributed by atoms with van der Waals surface area (Å²) >= 11 is 1.43. The van der Waals surface area contributed by atoms with Crippen molar-refractivity contribution >= 4 is 22.3 Å². The average molecular weight is 383 g/mol. The normalized spacial score (nSPS) is 14.5. The lowest BCUT2D eigenvalue weighted by Crippen LogP contribution is -2.17. The summed E-state index contributed by atoms with van der Waals surface area (Å²) in [6, 6.07) is 8.77. The van der Waals surface area contributed by atoms with Crippen LogP contribution in [0.15, 0.2) is 35.1 Å². The molecule has 0 aliphatic heterocycles. The molecular weight excluding hydrogens is 362 g/mol. The molecule has 2 heterocycles. The highest BCUT2D eigenvalue weighted by atomic mass is 32.1. The molecule has 0 atom stereocenters. The third kappa shape index (κ3) is 3.78. The van der Waals surface area contributed by atoms with Crippen LogP contribution in [-0.2, 0) is 16.8 Å². The monoisotopic (exact) mass is 383 g/mol. The standard InChI is InChI=1S/C20H21N3O3S/c1-20(2,3)14-8-6-13(7-9-14)18(25)26-11-15-10-16(24)23-19(21-15)27-17(22-23)12-4-5-12/h6-10,12H,4-5,11H2,1-3H3. The zero-order valence-corrected chi connectivity index (χ0v) is 16.4. The van der Waals surface area contributed by atoms with Crippen molar-refractivity contribution in [3.63, 3.8) is 0 Å². The molecule has 7 heteroatoms. The maximum absolute atomic E-state index is 12.3. The van der Waals surface area contributed by atoms with E-state index in [4.69, 9.17) is 4.74 Å². The number of carbonyl (C=O) groups is 1. The molecule has 0 spiro atoms. The lowest BCUT2D eigenvalue weighted by Gasteiger charge is -2.18. The SMILES string of the molecule is CC(C)(C)c1ccc(C(=O)OCc2cc(=O)n3nc(C4CC4)sc3n2)cc1. The fourth-order valence-electron chi connectivity index (χ4n) is 2.77. The molecule has 4 rings (SSSR count). The largest absolute Gasteiger partial charge is 0.456 e. The second kappa shape index (κ2) is 6.56. The minimum absolute atomic E-state index is 0.0258. The van der Waals surface area contributed by atoms with Gasteiger partial charge in [-0.2, -0.15) is 9.61 Å². The number of rotatable bonds is 4. The van der Waals surface area contributed by atoms with E-state index in [1.54, 1.807) is 12.1 Å². The van der Waals surface area contributed by atoms with Gasteiger partial charge in [-0.15, -0.1) is 0 Å². The first-order valence-electron chi connectivity index (χ1n) is 8.98. The van der Waals surface area contributed by atoms with E-state index in [9.17, 15) is 9.59 Å². The smallest absolute Gasteiger partial charge is 0.338 e. The van der Waals surface area contributed by atoms with Crippen LogP contribution in [0.2, 0.25) is 0 Å². The van der Waals surface area contributed by atoms with Gasteiger partial charge in [0.2, 0.25) is 4.96 Å². The predicted octanol–water partition coefficient (Wildman–Crippen LogP) is 3.68. The molecule has 27 heavy (non-hydrogen) atoms. The van der Waals surface area contributed by atoms with Gasteiger partial charge < -0.3 is 4.74 Å². The van der Waals surface area contributed by atoms with Crippen LogP contribution in [0, 0.1) is 0 Å². The summed E-state index contributed by atoms with van der Waals surface area (Å²) in [6.45, 7) is 6.32. The molecule has 6 nitrogen and oxygen atoms in total. The average Bonchev–Trinajstić information content (AvgIpc) is 3.38. The van der Waals surface area contributed by atoms with Crippen molar-refractivity contribution < 1.29 is 9.53 Å². The molecule has 0 radical (unpaired) electrons. The first kappa shape index (κ1) is 17.9. The molecule has 2 aromatic heterocycles. The molecule has 1 fully saturated rings. The lowest BCUT2D eigenvalue weighted by molar-refractivity contribution is 0.0467. The van der Waals surface area contributed by atoms with Crippen LogP contribution >= 0.6 is 11.3 Å². The third-order valence-corrected chi connectivity index (χ3v) is 5.65. The van der Waals surface area contributed by atoms with Crippen molar-refractivity contribution in [3.8, 4) is 0 Å². The summed E-state index contributed by atoms with van der Waals surface area (Å²) in [5.74, 6) is 0.0360. The molecule has 0 unspecified atom stereocenters. The van der Waals surface area contributed by atoms with Crippen LogP contribution in [0.25, 0.3) is 4.96 Å². The maximum Gasteiger partial charge on any atom is 0.338 e. The number of ether oxygens (including phenoxy) is 1. The Morgan fingerprint density at radius 1 is 1.26 bits per heavy atom. The Hall–Kier alpha value is -2.54. The van der Waals surface area contributed by atoms with Crippen molar-refractivity contribution in [2.45, 2.75) is 51.6 Å². The number of fused-ring (bicyclic) bond motifs is 1. The Kier molecular flexibility index (Phi) is 4.34. The van der Waals surface area contributed by atoms with E-state index in [0.717, 1.165) is 23.4 Å². The van der Waals surface area contributed by atoms with E-state index in [1.807, 2.05) is 12.1 Å². The van der Waals surface area contributed by atoms with Gasteiger partial charge >= 0.3 is 5.97 Å². The molecular formula is C20H21N3O3S. The van der Waals surface area contributed by atoms with Crippen molar-refractivity contribution in [3.05, 3.63) is 62.5 Å². The third-order valence-electron chi connectivity index (χ3n) is 4.58. The molecule has 0 saturated heterocycles. The van der Waals surface area contributed by atoms with Crippen LogP contribution < -0.4 is 5.56 Å². The second-order valence-electron chi connectivity index (χ2n) is 7.90. The highest BCUT2D eigenvalue weighted by Crippen LogP contribution is 2.41. The first-order valence-corrected chi connectivity index (χ1v) is 9.80. The van der Waals surface area contributed by atoms with Gasteiger partial charge in [0.25, 0.3) is 5.56 Å². The molecule has 0 amide bonds. The molecule has 140 valence electrons. The van der Waals surface area contributed by atoms with E-state index in [2.05, 4.69) is 30.9 Å². The summed E-state index contributed by atoms with van der Waals surface area (Å²) in [7, 11) is 0. The second-order valence-corrected chi connectivity index (χ2v) is 8.89. The van der Waals surface area contributed by atoms with Crippen LogP contribution in [0.3, 0.4) is 0 Å². The molecule has 1 saturated carbocycles. The Balaban J connectivity index is 1.47. The summed E-state index contributed by atoms with van der Waals surface area (Å²) in [5, 5.41) is 5.29. The van der Waals surface area contributed by atoms with E-state index in [0.29, 0.717) is 22.1 Å². The number of nitrogens with zero attached hydrogens (tertiary/aromatic N) is 3. The van der Waals surface area contributed by atoms with Gasteiger partial charge in [-0.05, 0) is 36.0 Å². The highest BCUT2D eigenvalue weighted by Gasteiger charge is 2.28. The van der Waals surface area contributed by atoms with Crippen molar-refractivity contribution in [1.82, 2.24) is 14.6 Å². The van der Waals surface area contributed by atoms with E-state index < -0.39 is 5.97 Å². The van der Waals surface area contributed by atoms with Crippen LogP contribution in [-0.4, -0.2) is 20.6 Å². The van der Waals surface area contributed by atoms with Crippen LogP contribution in [0.5, 0.6) is 0 Å². The molecule has 1 aromatic carbocycles. The fraction of sp³-hybridized carbons (Fsp3) is 0.400. The molecule has 1 aliphatic carbocycles. The maximum atomic E-state index is 12.3. The van der Waals surface area contributed by atoms with Gasteiger partial charge in [0.15, 0.2) is 0 Å². The topological polar surface area (TPSA) is 73.6 Å². The summed E-state index contributed by atoms with van der Waals surface area (Å²) in [4.78, 5) is 29.5. The molecule has 3 aromatic rings. The van der Waals surface area contributed by atoms with Gasteiger partial charge in [0.1, 0.15) is 11.6 Å². The van der Waals surface area contributed by atoms with Crippen molar-refractivity contribution in [2.75, 3.05) is 0 Å².